The van der Waals surface area contributed by atoms with Gasteiger partial charge in [-0.1, -0.05) is 38.5 Å². The number of hydrogen-bond acceptors (Lipinski definition) is 3. The minimum Gasteiger partial charge on any atom is -0.394 e. The molecule has 4 N–H and O–H groups in total. The number of rotatable bonds is 3. The molecule has 0 bridgehead atoms. The molecule has 2 fully saturated rings. The van der Waals surface area contributed by atoms with Gasteiger partial charge < -0.3 is 16.2 Å². The van der Waals surface area contributed by atoms with Crippen molar-refractivity contribution in [3.8, 4) is 0 Å². The molecule has 0 saturated heterocycles. The SMILES string of the molecule is NC1(C(=O)NC2(CO)CCCCC2)CCCCC1. The van der Waals surface area contributed by atoms with Crippen LogP contribution in [0.4, 0.5) is 0 Å². The Bertz CT molecular complexity index is 292. The zero-order valence-corrected chi connectivity index (χ0v) is 11.2. The van der Waals surface area contributed by atoms with Crippen molar-refractivity contribution in [2.45, 2.75) is 75.3 Å². The number of aliphatic hydroxyl groups is 1. The molecule has 0 aromatic rings. The van der Waals surface area contributed by atoms with E-state index in [0.717, 1.165) is 51.4 Å². The zero-order valence-electron chi connectivity index (χ0n) is 11.2. The Hall–Kier alpha value is -0.610. The van der Waals surface area contributed by atoms with E-state index in [9.17, 15) is 9.90 Å². The molecule has 2 aliphatic carbocycles. The summed E-state index contributed by atoms with van der Waals surface area (Å²) in [5.41, 5.74) is 5.14. The van der Waals surface area contributed by atoms with Gasteiger partial charge in [0.1, 0.15) is 0 Å². The highest BCUT2D eigenvalue weighted by Crippen LogP contribution is 2.31. The van der Waals surface area contributed by atoms with E-state index in [1.165, 1.54) is 12.8 Å². The second-order valence-corrected chi connectivity index (χ2v) is 6.17. The molecule has 2 aliphatic rings. The summed E-state index contributed by atoms with van der Waals surface area (Å²) in [4.78, 5) is 12.4. The highest BCUT2D eigenvalue weighted by molar-refractivity contribution is 5.86. The normalized spacial score (nSPS) is 26.6. The fourth-order valence-corrected chi connectivity index (χ4v) is 3.33. The Balaban J connectivity index is 2.00. The van der Waals surface area contributed by atoms with Crippen LogP contribution in [0, 0.1) is 0 Å². The monoisotopic (exact) mass is 254 g/mol. The Morgan fingerprint density at radius 2 is 1.50 bits per heavy atom. The molecule has 0 aromatic carbocycles. The maximum atomic E-state index is 12.4. The summed E-state index contributed by atoms with van der Waals surface area (Å²) in [7, 11) is 0. The van der Waals surface area contributed by atoms with Crippen molar-refractivity contribution in [1.29, 1.82) is 0 Å². The van der Waals surface area contributed by atoms with Crippen molar-refractivity contribution >= 4 is 5.91 Å². The van der Waals surface area contributed by atoms with Crippen LogP contribution in [0.5, 0.6) is 0 Å². The standard InChI is InChI=1S/C14H26N2O2/c15-14(9-5-2-6-10-14)12(18)16-13(11-17)7-3-1-4-8-13/h17H,1-11,15H2,(H,16,18). The Morgan fingerprint density at radius 3 is 2.00 bits per heavy atom. The van der Waals surface area contributed by atoms with Gasteiger partial charge in [0.25, 0.3) is 0 Å². The Morgan fingerprint density at radius 1 is 1.00 bits per heavy atom. The van der Waals surface area contributed by atoms with Gasteiger partial charge in [-0.15, -0.1) is 0 Å². The highest BCUT2D eigenvalue weighted by Gasteiger charge is 2.40. The molecule has 4 nitrogen and oxygen atoms in total. The van der Waals surface area contributed by atoms with E-state index in [1.807, 2.05) is 0 Å². The lowest BCUT2D eigenvalue weighted by molar-refractivity contribution is -0.130. The molecular formula is C14H26N2O2. The minimum atomic E-state index is -0.697. The molecule has 2 saturated carbocycles. The van der Waals surface area contributed by atoms with Gasteiger partial charge in [0.15, 0.2) is 0 Å². The third-order valence-electron chi connectivity index (χ3n) is 4.69. The van der Waals surface area contributed by atoms with Crippen LogP contribution in [-0.2, 0) is 4.79 Å². The summed E-state index contributed by atoms with van der Waals surface area (Å²) in [6.07, 6.45) is 9.93. The van der Waals surface area contributed by atoms with Gasteiger partial charge in [-0.3, -0.25) is 4.79 Å². The van der Waals surface area contributed by atoms with Crippen LogP contribution in [0.3, 0.4) is 0 Å². The topological polar surface area (TPSA) is 75.4 Å². The van der Waals surface area contributed by atoms with Crippen molar-refractivity contribution in [3.05, 3.63) is 0 Å². The summed E-state index contributed by atoms with van der Waals surface area (Å²) < 4.78 is 0. The minimum absolute atomic E-state index is 0.0365. The predicted molar refractivity (Wildman–Crippen MR) is 71.0 cm³/mol. The zero-order chi connectivity index (χ0) is 13.1. The number of carbonyl (C=O) groups excluding carboxylic acids is 1. The third-order valence-corrected chi connectivity index (χ3v) is 4.69. The summed E-state index contributed by atoms with van der Waals surface area (Å²) in [6.45, 7) is 0.0365. The van der Waals surface area contributed by atoms with Gasteiger partial charge in [-0.05, 0) is 25.7 Å². The average molecular weight is 254 g/mol. The number of carbonyl (C=O) groups is 1. The molecule has 0 aromatic heterocycles. The highest BCUT2D eigenvalue weighted by atomic mass is 16.3. The van der Waals surface area contributed by atoms with Crippen LogP contribution in [0.15, 0.2) is 0 Å². The van der Waals surface area contributed by atoms with Crippen molar-refractivity contribution < 1.29 is 9.90 Å². The molecule has 0 radical (unpaired) electrons. The molecule has 0 unspecified atom stereocenters. The van der Waals surface area contributed by atoms with E-state index in [-0.39, 0.29) is 12.5 Å². The van der Waals surface area contributed by atoms with E-state index in [2.05, 4.69) is 5.32 Å². The second-order valence-electron chi connectivity index (χ2n) is 6.17. The predicted octanol–water partition coefficient (Wildman–Crippen LogP) is 1.46. The molecule has 18 heavy (non-hydrogen) atoms. The molecule has 1 amide bonds. The number of nitrogens with one attached hydrogen (secondary N) is 1. The maximum Gasteiger partial charge on any atom is 0.240 e. The molecule has 0 spiro atoms. The summed E-state index contributed by atoms with van der Waals surface area (Å²) in [5, 5.41) is 12.7. The third kappa shape index (κ3) is 2.86. The number of aliphatic hydroxyl groups excluding tert-OH is 1. The molecule has 104 valence electrons. The van der Waals surface area contributed by atoms with Crippen molar-refractivity contribution in [2.24, 2.45) is 5.73 Å². The molecular weight excluding hydrogens is 228 g/mol. The first kappa shape index (κ1) is 13.8. The first-order valence-electron chi connectivity index (χ1n) is 7.33. The van der Waals surface area contributed by atoms with Crippen molar-refractivity contribution in [3.63, 3.8) is 0 Å². The fourth-order valence-electron chi connectivity index (χ4n) is 3.33. The second kappa shape index (κ2) is 5.57. The van der Waals surface area contributed by atoms with E-state index < -0.39 is 11.1 Å². The summed E-state index contributed by atoms with van der Waals surface area (Å²) >= 11 is 0. The number of hydrogen-bond donors (Lipinski definition) is 3. The number of nitrogens with two attached hydrogens (primary N) is 1. The van der Waals surface area contributed by atoms with Crippen LogP contribution in [-0.4, -0.2) is 28.7 Å². The van der Waals surface area contributed by atoms with Crippen LogP contribution >= 0.6 is 0 Å². The lowest BCUT2D eigenvalue weighted by Crippen LogP contribution is -2.62. The van der Waals surface area contributed by atoms with Gasteiger partial charge >= 0.3 is 0 Å². The molecule has 0 atom stereocenters. The molecule has 2 rings (SSSR count). The van der Waals surface area contributed by atoms with Crippen LogP contribution in [0.25, 0.3) is 0 Å². The maximum absolute atomic E-state index is 12.4. The smallest absolute Gasteiger partial charge is 0.240 e. The number of amides is 1. The lowest BCUT2D eigenvalue weighted by atomic mass is 9.78. The van der Waals surface area contributed by atoms with Gasteiger partial charge in [0.2, 0.25) is 5.91 Å². The first-order valence-corrected chi connectivity index (χ1v) is 7.33. The van der Waals surface area contributed by atoms with E-state index >= 15 is 0 Å². The summed E-state index contributed by atoms with van der Waals surface area (Å²) in [6, 6.07) is 0. The van der Waals surface area contributed by atoms with E-state index in [1.54, 1.807) is 0 Å². The van der Waals surface area contributed by atoms with Crippen molar-refractivity contribution in [1.82, 2.24) is 5.32 Å². The van der Waals surface area contributed by atoms with E-state index in [0.29, 0.717) is 0 Å². The quantitative estimate of drug-likeness (QED) is 0.713. The van der Waals surface area contributed by atoms with Gasteiger partial charge in [0.05, 0.1) is 17.7 Å². The van der Waals surface area contributed by atoms with Crippen LogP contribution in [0.2, 0.25) is 0 Å². The fraction of sp³-hybridized carbons (Fsp3) is 0.929. The molecule has 0 aliphatic heterocycles. The first-order chi connectivity index (χ1) is 8.60. The van der Waals surface area contributed by atoms with E-state index in [4.69, 9.17) is 5.73 Å². The van der Waals surface area contributed by atoms with Crippen molar-refractivity contribution in [2.75, 3.05) is 6.61 Å². The molecule has 0 heterocycles. The Labute approximate surface area is 109 Å². The summed E-state index contributed by atoms with van der Waals surface area (Å²) in [5.74, 6) is -0.0434. The van der Waals surface area contributed by atoms with Gasteiger partial charge in [-0.2, -0.15) is 0 Å². The largest absolute Gasteiger partial charge is 0.394 e. The van der Waals surface area contributed by atoms with Crippen LogP contribution < -0.4 is 11.1 Å². The molecule has 4 heteroatoms. The lowest BCUT2D eigenvalue weighted by Gasteiger charge is -2.40. The Kier molecular flexibility index (Phi) is 4.28. The van der Waals surface area contributed by atoms with Gasteiger partial charge in [0, 0.05) is 0 Å². The van der Waals surface area contributed by atoms with Crippen LogP contribution in [0.1, 0.15) is 64.2 Å². The average Bonchev–Trinajstić information content (AvgIpc) is 2.40. The van der Waals surface area contributed by atoms with Gasteiger partial charge in [-0.25, -0.2) is 0 Å².